The number of benzene rings is 2. The Morgan fingerprint density at radius 3 is 2.43 bits per heavy atom. The van der Waals surface area contributed by atoms with Gasteiger partial charge in [0.25, 0.3) is 0 Å². The molecule has 3 rings (SSSR count). The lowest BCUT2D eigenvalue weighted by Gasteiger charge is -2.18. The summed E-state index contributed by atoms with van der Waals surface area (Å²) in [4.78, 5) is 23.8. The van der Waals surface area contributed by atoms with E-state index in [9.17, 15) is 9.59 Å². The lowest BCUT2D eigenvalue weighted by Crippen LogP contribution is -2.38. The van der Waals surface area contributed by atoms with Gasteiger partial charge in [-0.3, -0.25) is 0 Å². The maximum Gasteiger partial charge on any atom is 0.337 e. The zero-order chi connectivity index (χ0) is 16.3. The van der Waals surface area contributed by atoms with Crippen LogP contribution < -0.4 is 10.6 Å². The van der Waals surface area contributed by atoms with E-state index < -0.39 is 5.97 Å². The second-order valence-electron chi connectivity index (χ2n) is 5.60. The van der Waals surface area contributed by atoms with Gasteiger partial charge in [0.2, 0.25) is 0 Å². The van der Waals surface area contributed by atoms with Crippen molar-refractivity contribution in [2.75, 3.05) is 12.4 Å². The SMILES string of the molecule is COC(=O)c1cccc(NC(=O)NC2(c3ccccc3)CC2)c1. The molecule has 0 bridgehead atoms. The number of carbonyl (C=O) groups excluding carboxylic acids is 2. The van der Waals surface area contributed by atoms with Crippen LogP contribution in [-0.4, -0.2) is 19.1 Å². The Morgan fingerprint density at radius 2 is 1.78 bits per heavy atom. The molecule has 1 aliphatic carbocycles. The molecule has 2 aromatic rings. The number of hydrogen-bond donors (Lipinski definition) is 2. The van der Waals surface area contributed by atoms with Crippen LogP contribution in [0.3, 0.4) is 0 Å². The minimum absolute atomic E-state index is 0.273. The van der Waals surface area contributed by atoms with Gasteiger partial charge >= 0.3 is 12.0 Å². The second-order valence-corrected chi connectivity index (χ2v) is 5.60. The number of nitrogens with one attached hydrogen (secondary N) is 2. The van der Waals surface area contributed by atoms with Crippen molar-refractivity contribution in [1.82, 2.24) is 5.32 Å². The minimum Gasteiger partial charge on any atom is -0.465 e. The first-order valence-corrected chi connectivity index (χ1v) is 7.46. The number of ether oxygens (including phenoxy) is 1. The summed E-state index contributed by atoms with van der Waals surface area (Å²) in [6.45, 7) is 0. The Kier molecular flexibility index (Phi) is 4.02. The average molecular weight is 310 g/mol. The van der Waals surface area contributed by atoms with Gasteiger partial charge in [-0.05, 0) is 36.6 Å². The van der Waals surface area contributed by atoms with Crippen molar-refractivity contribution in [1.29, 1.82) is 0 Å². The number of rotatable bonds is 4. The highest BCUT2D eigenvalue weighted by molar-refractivity contribution is 5.94. The molecule has 0 unspecified atom stereocenters. The molecule has 1 fully saturated rings. The van der Waals surface area contributed by atoms with Crippen molar-refractivity contribution in [3.05, 3.63) is 65.7 Å². The third-order valence-corrected chi connectivity index (χ3v) is 3.97. The normalized spacial score (nSPS) is 14.7. The molecule has 118 valence electrons. The molecular formula is C18H18N2O3. The largest absolute Gasteiger partial charge is 0.465 e. The Hall–Kier alpha value is -2.82. The van der Waals surface area contributed by atoms with Crippen LogP contribution in [0.4, 0.5) is 10.5 Å². The quantitative estimate of drug-likeness (QED) is 0.852. The number of methoxy groups -OCH3 is 1. The first-order chi connectivity index (χ1) is 11.1. The van der Waals surface area contributed by atoms with E-state index in [1.54, 1.807) is 24.3 Å². The number of amides is 2. The first kappa shape index (κ1) is 15.1. The highest BCUT2D eigenvalue weighted by Crippen LogP contribution is 2.45. The molecular weight excluding hydrogens is 292 g/mol. The summed E-state index contributed by atoms with van der Waals surface area (Å²) in [6.07, 6.45) is 1.85. The van der Waals surface area contributed by atoms with Gasteiger partial charge in [-0.1, -0.05) is 36.4 Å². The smallest absolute Gasteiger partial charge is 0.337 e. The Morgan fingerprint density at radius 1 is 1.04 bits per heavy atom. The topological polar surface area (TPSA) is 67.4 Å². The van der Waals surface area contributed by atoms with Gasteiger partial charge in [0.15, 0.2) is 0 Å². The van der Waals surface area contributed by atoms with Crippen LogP contribution in [0.25, 0.3) is 0 Å². The fraction of sp³-hybridized carbons (Fsp3) is 0.222. The Labute approximate surface area is 134 Å². The second kappa shape index (κ2) is 6.12. The van der Waals surface area contributed by atoms with Gasteiger partial charge in [0.1, 0.15) is 0 Å². The number of carbonyl (C=O) groups is 2. The molecule has 5 nitrogen and oxygen atoms in total. The van der Waals surface area contributed by atoms with E-state index in [0.29, 0.717) is 11.3 Å². The van der Waals surface area contributed by atoms with Crippen LogP contribution in [0.2, 0.25) is 0 Å². The maximum absolute atomic E-state index is 12.3. The number of hydrogen-bond acceptors (Lipinski definition) is 3. The van der Waals surface area contributed by atoms with E-state index in [2.05, 4.69) is 15.4 Å². The number of esters is 1. The summed E-state index contributed by atoms with van der Waals surface area (Å²) in [5.74, 6) is -0.433. The van der Waals surface area contributed by atoms with E-state index >= 15 is 0 Å². The zero-order valence-corrected chi connectivity index (χ0v) is 12.8. The molecule has 2 N–H and O–H groups in total. The van der Waals surface area contributed by atoms with E-state index in [1.165, 1.54) is 7.11 Å². The lowest BCUT2D eigenvalue weighted by molar-refractivity contribution is 0.0600. The highest BCUT2D eigenvalue weighted by atomic mass is 16.5. The third kappa shape index (κ3) is 3.34. The molecule has 0 spiro atoms. The van der Waals surface area contributed by atoms with Crippen molar-refractivity contribution < 1.29 is 14.3 Å². The Balaban J connectivity index is 1.67. The molecule has 5 heteroatoms. The fourth-order valence-corrected chi connectivity index (χ4v) is 2.59. The van der Waals surface area contributed by atoms with Gasteiger partial charge in [-0.2, -0.15) is 0 Å². The number of anilines is 1. The molecule has 0 heterocycles. The molecule has 2 amide bonds. The minimum atomic E-state index is -0.433. The molecule has 1 saturated carbocycles. The molecule has 1 aliphatic rings. The monoisotopic (exact) mass is 310 g/mol. The van der Waals surface area contributed by atoms with Gasteiger partial charge in [0.05, 0.1) is 18.2 Å². The lowest BCUT2D eigenvalue weighted by atomic mass is 10.1. The molecule has 0 aliphatic heterocycles. The van der Waals surface area contributed by atoms with Crippen molar-refractivity contribution in [3.8, 4) is 0 Å². The molecule has 0 saturated heterocycles. The van der Waals surface area contributed by atoms with Crippen molar-refractivity contribution in [3.63, 3.8) is 0 Å². The van der Waals surface area contributed by atoms with Crippen LogP contribution in [0.5, 0.6) is 0 Å². The van der Waals surface area contributed by atoms with E-state index in [-0.39, 0.29) is 11.6 Å². The van der Waals surface area contributed by atoms with E-state index in [1.807, 2.05) is 30.3 Å². The molecule has 0 radical (unpaired) electrons. The summed E-state index contributed by atoms with van der Waals surface area (Å²) >= 11 is 0. The molecule has 23 heavy (non-hydrogen) atoms. The third-order valence-electron chi connectivity index (χ3n) is 3.97. The van der Waals surface area contributed by atoms with E-state index in [0.717, 1.165) is 18.4 Å². The summed E-state index contributed by atoms with van der Waals surface area (Å²) in [6, 6.07) is 16.3. The molecule has 2 aromatic carbocycles. The predicted molar refractivity (Wildman–Crippen MR) is 87.3 cm³/mol. The summed E-state index contributed by atoms with van der Waals surface area (Å²) in [7, 11) is 1.33. The maximum atomic E-state index is 12.3. The van der Waals surface area contributed by atoms with Gasteiger partial charge in [-0.25, -0.2) is 9.59 Å². The number of urea groups is 1. The summed E-state index contributed by atoms with van der Waals surface area (Å²) in [5.41, 5.74) is 1.79. The fourth-order valence-electron chi connectivity index (χ4n) is 2.59. The zero-order valence-electron chi connectivity index (χ0n) is 12.8. The van der Waals surface area contributed by atoms with Crippen LogP contribution in [-0.2, 0) is 10.3 Å². The molecule has 0 aromatic heterocycles. The van der Waals surface area contributed by atoms with Crippen molar-refractivity contribution in [2.24, 2.45) is 0 Å². The van der Waals surface area contributed by atoms with Crippen molar-refractivity contribution >= 4 is 17.7 Å². The van der Waals surface area contributed by atoms with Crippen LogP contribution in [0, 0.1) is 0 Å². The Bertz CT molecular complexity index is 724. The van der Waals surface area contributed by atoms with Crippen LogP contribution in [0.15, 0.2) is 54.6 Å². The van der Waals surface area contributed by atoms with Gasteiger partial charge in [-0.15, -0.1) is 0 Å². The standard InChI is InChI=1S/C18H18N2O3/c1-23-16(21)13-6-5-9-15(12-13)19-17(22)20-18(10-11-18)14-7-3-2-4-8-14/h2-9,12H,10-11H2,1H3,(H2,19,20,22). The molecule has 0 atom stereocenters. The highest BCUT2D eigenvalue weighted by Gasteiger charge is 2.45. The van der Waals surface area contributed by atoms with Crippen molar-refractivity contribution in [2.45, 2.75) is 18.4 Å². The van der Waals surface area contributed by atoms with Gasteiger partial charge in [0, 0.05) is 5.69 Å². The average Bonchev–Trinajstić information content (AvgIpc) is 3.35. The van der Waals surface area contributed by atoms with Crippen LogP contribution in [0.1, 0.15) is 28.8 Å². The van der Waals surface area contributed by atoms with Crippen LogP contribution >= 0.6 is 0 Å². The van der Waals surface area contributed by atoms with E-state index in [4.69, 9.17) is 0 Å². The van der Waals surface area contributed by atoms with Gasteiger partial charge < -0.3 is 15.4 Å². The summed E-state index contributed by atoms with van der Waals surface area (Å²) < 4.78 is 4.68. The predicted octanol–water partition coefficient (Wildman–Crippen LogP) is 3.28. The first-order valence-electron chi connectivity index (χ1n) is 7.46. The summed E-state index contributed by atoms with van der Waals surface area (Å²) in [5, 5.41) is 5.80.